The zero-order valence-corrected chi connectivity index (χ0v) is 13.1. The minimum atomic E-state index is -4.52. The molecule has 1 saturated heterocycles. The number of ether oxygens (including phenoxy) is 1. The second kappa shape index (κ2) is 6.57. The molecule has 0 spiro atoms. The molecule has 1 heterocycles. The zero-order valence-electron chi connectivity index (χ0n) is 13.1. The smallest absolute Gasteiger partial charge is 0.416 e. The molecule has 2 aliphatic rings. The molecule has 1 aliphatic carbocycles. The number of hydrogen-bond donors (Lipinski definition) is 0. The van der Waals surface area contributed by atoms with E-state index in [0.717, 1.165) is 44.2 Å². The summed E-state index contributed by atoms with van der Waals surface area (Å²) in [4.78, 5) is 24.9. The van der Waals surface area contributed by atoms with E-state index in [2.05, 4.69) is 0 Å². The summed E-state index contributed by atoms with van der Waals surface area (Å²) in [6.45, 7) is 0. The van der Waals surface area contributed by atoms with Gasteiger partial charge in [-0.15, -0.1) is 0 Å². The molecule has 0 bridgehead atoms. The van der Waals surface area contributed by atoms with Crippen LogP contribution in [0.4, 0.5) is 13.2 Å². The standard InChI is InChI=1S/C18H19F3O3/c19-18(20,21)12-7-5-6-11(10-12)16(22)15-13-8-3-1-2-4-9-14(13)24-17(15)23/h5-7,10,13-15H,1-4,8-9H2/t13-,14-,15-/m1/s1. The number of benzene rings is 1. The molecule has 3 nitrogen and oxygen atoms in total. The number of fused-ring (bicyclic) bond motifs is 1. The summed E-state index contributed by atoms with van der Waals surface area (Å²) in [5.41, 5.74) is -0.955. The van der Waals surface area contributed by atoms with E-state index in [1.54, 1.807) is 0 Å². The average Bonchev–Trinajstić information content (AvgIpc) is 2.81. The lowest BCUT2D eigenvalue weighted by atomic mass is 9.78. The van der Waals surface area contributed by atoms with Crippen molar-refractivity contribution >= 4 is 11.8 Å². The van der Waals surface area contributed by atoms with Gasteiger partial charge in [-0.05, 0) is 31.4 Å². The molecule has 0 N–H and O–H groups in total. The summed E-state index contributed by atoms with van der Waals surface area (Å²) < 4.78 is 43.9. The second-order valence-corrected chi connectivity index (χ2v) is 6.55. The lowest BCUT2D eigenvalue weighted by molar-refractivity contribution is -0.143. The number of alkyl halides is 3. The first kappa shape index (κ1) is 17.0. The van der Waals surface area contributed by atoms with Crippen molar-refractivity contribution in [2.24, 2.45) is 11.8 Å². The predicted octanol–water partition coefficient (Wildman–Crippen LogP) is 4.40. The van der Waals surface area contributed by atoms with E-state index in [1.807, 2.05) is 0 Å². The van der Waals surface area contributed by atoms with Crippen LogP contribution in [0.3, 0.4) is 0 Å². The van der Waals surface area contributed by atoms with Gasteiger partial charge in [-0.3, -0.25) is 9.59 Å². The molecule has 0 aromatic heterocycles. The largest absolute Gasteiger partial charge is 0.461 e. The van der Waals surface area contributed by atoms with Crippen LogP contribution < -0.4 is 0 Å². The fourth-order valence-electron chi connectivity index (χ4n) is 3.73. The molecular formula is C18H19F3O3. The van der Waals surface area contributed by atoms with Crippen molar-refractivity contribution in [1.82, 2.24) is 0 Å². The molecule has 130 valence electrons. The number of halogens is 3. The van der Waals surface area contributed by atoms with E-state index in [4.69, 9.17) is 4.74 Å². The third-order valence-corrected chi connectivity index (χ3v) is 4.96. The van der Waals surface area contributed by atoms with Crippen molar-refractivity contribution in [3.63, 3.8) is 0 Å². The van der Waals surface area contributed by atoms with Gasteiger partial charge in [0, 0.05) is 11.5 Å². The lowest BCUT2D eigenvalue weighted by Gasteiger charge is -2.22. The molecule has 3 rings (SSSR count). The van der Waals surface area contributed by atoms with Crippen LogP contribution >= 0.6 is 0 Å². The Hall–Kier alpha value is -1.85. The van der Waals surface area contributed by atoms with Gasteiger partial charge in [0.15, 0.2) is 5.78 Å². The van der Waals surface area contributed by atoms with Crippen LogP contribution in [0.1, 0.15) is 54.4 Å². The van der Waals surface area contributed by atoms with E-state index < -0.39 is 29.4 Å². The van der Waals surface area contributed by atoms with Crippen LogP contribution in [0.15, 0.2) is 24.3 Å². The Morgan fingerprint density at radius 1 is 1.08 bits per heavy atom. The van der Waals surface area contributed by atoms with Crippen molar-refractivity contribution in [2.45, 2.75) is 50.8 Å². The van der Waals surface area contributed by atoms with Gasteiger partial charge in [0.2, 0.25) is 0 Å². The fraction of sp³-hybridized carbons (Fsp3) is 0.556. The molecule has 24 heavy (non-hydrogen) atoms. The van der Waals surface area contributed by atoms with Crippen molar-refractivity contribution in [3.8, 4) is 0 Å². The number of carbonyl (C=O) groups is 2. The molecule has 1 aromatic carbocycles. The van der Waals surface area contributed by atoms with Crippen LogP contribution in [0, 0.1) is 11.8 Å². The highest BCUT2D eigenvalue weighted by Crippen LogP contribution is 2.39. The van der Waals surface area contributed by atoms with Crippen molar-refractivity contribution in [1.29, 1.82) is 0 Å². The number of carbonyl (C=O) groups excluding carboxylic acids is 2. The molecule has 1 saturated carbocycles. The van der Waals surface area contributed by atoms with E-state index >= 15 is 0 Å². The molecule has 0 unspecified atom stereocenters. The third kappa shape index (κ3) is 3.32. The van der Waals surface area contributed by atoms with Crippen LogP contribution in [0.2, 0.25) is 0 Å². The first-order valence-corrected chi connectivity index (χ1v) is 8.30. The minimum absolute atomic E-state index is 0.0746. The van der Waals surface area contributed by atoms with Gasteiger partial charge in [-0.2, -0.15) is 13.2 Å². The van der Waals surface area contributed by atoms with E-state index in [0.29, 0.717) is 6.42 Å². The molecule has 0 amide bonds. The van der Waals surface area contributed by atoms with Crippen molar-refractivity contribution in [2.75, 3.05) is 0 Å². The number of Topliss-reactive ketones (excluding diaryl/α,β-unsaturated/α-hetero) is 1. The first-order valence-electron chi connectivity index (χ1n) is 8.30. The molecular weight excluding hydrogens is 321 g/mol. The normalized spacial score (nSPS) is 27.8. The number of hydrogen-bond acceptors (Lipinski definition) is 3. The highest BCUT2D eigenvalue weighted by atomic mass is 19.4. The number of ketones is 1. The third-order valence-electron chi connectivity index (χ3n) is 4.96. The second-order valence-electron chi connectivity index (χ2n) is 6.55. The maximum Gasteiger partial charge on any atom is 0.416 e. The zero-order chi connectivity index (χ0) is 17.3. The minimum Gasteiger partial charge on any atom is -0.461 e. The average molecular weight is 340 g/mol. The Labute approximate surface area is 138 Å². The van der Waals surface area contributed by atoms with Gasteiger partial charge >= 0.3 is 12.1 Å². The van der Waals surface area contributed by atoms with E-state index in [9.17, 15) is 22.8 Å². The Bertz CT molecular complexity index is 639. The van der Waals surface area contributed by atoms with Crippen molar-refractivity contribution < 1.29 is 27.5 Å². The topological polar surface area (TPSA) is 43.4 Å². The molecule has 1 aliphatic heterocycles. The van der Waals surface area contributed by atoms with Gasteiger partial charge in [0.25, 0.3) is 0 Å². The van der Waals surface area contributed by atoms with Gasteiger partial charge in [0.05, 0.1) is 5.56 Å². The highest BCUT2D eigenvalue weighted by Gasteiger charge is 2.48. The van der Waals surface area contributed by atoms with Crippen LogP contribution in [0.5, 0.6) is 0 Å². The monoisotopic (exact) mass is 340 g/mol. The highest BCUT2D eigenvalue weighted by molar-refractivity contribution is 6.09. The predicted molar refractivity (Wildman–Crippen MR) is 80.3 cm³/mol. The van der Waals surface area contributed by atoms with Crippen molar-refractivity contribution in [3.05, 3.63) is 35.4 Å². The van der Waals surface area contributed by atoms with E-state index in [1.165, 1.54) is 12.1 Å². The van der Waals surface area contributed by atoms with E-state index in [-0.39, 0.29) is 17.6 Å². The van der Waals surface area contributed by atoms with Crippen LogP contribution in [-0.4, -0.2) is 17.9 Å². The Balaban J connectivity index is 1.87. The fourth-order valence-corrected chi connectivity index (χ4v) is 3.73. The maximum absolute atomic E-state index is 12.8. The Morgan fingerprint density at radius 2 is 1.79 bits per heavy atom. The van der Waals surface area contributed by atoms with Gasteiger partial charge in [-0.25, -0.2) is 0 Å². The molecule has 3 atom stereocenters. The Kier molecular flexibility index (Phi) is 4.65. The molecule has 0 radical (unpaired) electrons. The van der Waals surface area contributed by atoms with Gasteiger partial charge in [0.1, 0.15) is 12.0 Å². The summed E-state index contributed by atoms with van der Waals surface area (Å²) in [5, 5.41) is 0. The summed E-state index contributed by atoms with van der Waals surface area (Å²) in [6.07, 6.45) is 0.597. The molecule has 6 heteroatoms. The number of rotatable bonds is 2. The van der Waals surface area contributed by atoms with Crippen LogP contribution in [0.25, 0.3) is 0 Å². The molecule has 1 aromatic rings. The SMILES string of the molecule is O=C1O[C@@H]2CCCCCC[C@H]2[C@@H]1C(=O)c1cccc(C(F)(F)F)c1. The summed E-state index contributed by atoms with van der Waals surface area (Å²) in [7, 11) is 0. The lowest BCUT2D eigenvalue weighted by Crippen LogP contribution is -2.29. The summed E-state index contributed by atoms with van der Waals surface area (Å²) in [5.74, 6) is -2.34. The van der Waals surface area contributed by atoms with Crippen LogP contribution in [-0.2, 0) is 15.7 Å². The summed E-state index contributed by atoms with van der Waals surface area (Å²) >= 11 is 0. The van der Waals surface area contributed by atoms with Gasteiger partial charge < -0.3 is 4.74 Å². The quantitative estimate of drug-likeness (QED) is 0.455. The Morgan fingerprint density at radius 3 is 2.50 bits per heavy atom. The molecule has 2 fully saturated rings. The first-order chi connectivity index (χ1) is 11.4. The maximum atomic E-state index is 12.8. The number of esters is 1. The van der Waals surface area contributed by atoms with Gasteiger partial charge in [-0.1, -0.05) is 31.4 Å². The summed E-state index contributed by atoms with van der Waals surface area (Å²) in [6, 6.07) is 4.28.